The third-order valence-electron chi connectivity index (χ3n) is 6.19. The van der Waals surface area contributed by atoms with Crippen LogP contribution in [-0.2, 0) is 19.5 Å². The standard InChI is InChI=1S/C26H23N5OS2/c1-17-20-14-22(33-25(20)31(29-17)19-10-6-3-7-11-19)24(32)28-26-27-21-12-13-30(16-23(21)34-26)15-18-8-4-2-5-9-18/h2-11,14H,12-13,15-16H2,1H3,(H,27,28,32)/p+1. The SMILES string of the molecule is Cc1nn(-c2ccccc2)c2sc(C(=O)Nc3nc4c(s3)C[NH+](Cc3ccccc3)CC4)cc12. The molecule has 0 saturated carbocycles. The first-order valence-corrected chi connectivity index (χ1v) is 13.0. The van der Waals surface area contributed by atoms with Gasteiger partial charge in [-0.3, -0.25) is 10.1 Å². The predicted molar refractivity (Wildman–Crippen MR) is 137 cm³/mol. The van der Waals surface area contributed by atoms with Crippen LogP contribution in [0.4, 0.5) is 5.13 Å². The molecular weight excluding hydrogens is 462 g/mol. The van der Waals surface area contributed by atoms with Crippen LogP contribution in [0.25, 0.3) is 15.9 Å². The molecule has 2 aromatic carbocycles. The summed E-state index contributed by atoms with van der Waals surface area (Å²) in [6.07, 6.45) is 0.943. The van der Waals surface area contributed by atoms with E-state index in [1.54, 1.807) is 11.3 Å². The molecule has 1 atom stereocenters. The topological polar surface area (TPSA) is 64.2 Å². The number of carbonyl (C=O) groups excluding carboxylic acids is 1. The zero-order valence-electron chi connectivity index (χ0n) is 18.7. The van der Waals surface area contributed by atoms with Crippen molar-refractivity contribution in [1.29, 1.82) is 0 Å². The van der Waals surface area contributed by atoms with E-state index >= 15 is 0 Å². The lowest BCUT2D eigenvalue weighted by atomic mass is 10.1. The Morgan fingerprint density at radius 3 is 2.65 bits per heavy atom. The van der Waals surface area contributed by atoms with Gasteiger partial charge in [-0.1, -0.05) is 59.9 Å². The van der Waals surface area contributed by atoms with Crippen molar-refractivity contribution in [2.24, 2.45) is 0 Å². The van der Waals surface area contributed by atoms with E-state index in [0.717, 1.165) is 53.3 Å². The van der Waals surface area contributed by atoms with Crippen molar-refractivity contribution < 1.29 is 9.69 Å². The zero-order chi connectivity index (χ0) is 23.1. The number of hydrogen-bond acceptors (Lipinski definition) is 5. The van der Waals surface area contributed by atoms with Gasteiger partial charge in [-0.15, -0.1) is 11.3 Å². The molecule has 170 valence electrons. The second kappa shape index (κ2) is 8.79. The molecule has 0 radical (unpaired) electrons. The Labute approximate surface area is 205 Å². The van der Waals surface area contributed by atoms with Gasteiger partial charge < -0.3 is 4.90 Å². The van der Waals surface area contributed by atoms with E-state index in [2.05, 4.69) is 40.7 Å². The zero-order valence-corrected chi connectivity index (χ0v) is 20.4. The summed E-state index contributed by atoms with van der Waals surface area (Å²) >= 11 is 3.07. The maximum absolute atomic E-state index is 13.1. The van der Waals surface area contributed by atoms with Crippen molar-refractivity contribution >= 4 is 43.9 Å². The van der Waals surface area contributed by atoms with Gasteiger partial charge in [0.15, 0.2) is 5.13 Å². The highest BCUT2D eigenvalue weighted by Gasteiger charge is 2.25. The quantitative estimate of drug-likeness (QED) is 0.391. The van der Waals surface area contributed by atoms with Crippen molar-refractivity contribution in [3.05, 3.63) is 93.4 Å². The van der Waals surface area contributed by atoms with Crippen molar-refractivity contribution in [1.82, 2.24) is 14.8 Å². The summed E-state index contributed by atoms with van der Waals surface area (Å²) in [7, 11) is 0. The molecule has 34 heavy (non-hydrogen) atoms. The Morgan fingerprint density at radius 2 is 1.85 bits per heavy atom. The summed E-state index contributed by atoms with van der Waals surface area (Å²) in [5.41, 5.74) is 4.39. The maximum Gasteiger partial charge on any atom is 0.267 e. The van der Waals surface area contributed by atoms with E-state index in [9.17, 15) is 4.79 Å². The Bertz CT molecular complexity index is 1470. The Kier molecular flexibility index (Phi) is 5.49. The number of amides is 1. The molecule has 0 spiro atoms. The Morgan fingerprint density at radius 1 is 1.09 bits per heavy atom. The lowest BCUT2D eigenvalue weighted by Crippen LogP contribution is -3.10. The van der Waals surface area contributed by atoms with E-state index in [0.29, 0.717) is 10.0 Å². The highest BCUT2D eigenvalue weighted by Crippen LogP contribution is 2.31. The molecule has 2 N–H and O–H groups in total. The highest BCUT2D eigenvalue weighted by atomic mass is 32.1. The summed E-state index contributed by atoms with van der Waals surface area (Å²) in [5.74, 6) is -0.111. The van der Waals surface area contributed by atoms with Crippen LogP contribution in [0.3, 0.4) is 0 Å². The number of thiophene rings is 1. The first-order chi connectivity index (χ1) is 16.6. The van der Waals surface area contributed by atoms with E-state index in [-0.39, 0.29) is 5.91 Å². The second-order valence-corrected chi connectivity index (χ2v) is 10.7. The number of nitrogens with zero attached hydrogens (tertiary/aromatic N) is 3. The molecule has 0 aliphatic carbocycles. The molecule has 0 saturated heterocycles. The minimum Gasteiger partial charge on any atom is -0.326 e. The Balaban J connectivity index is 1.19. The summed E-state index contributed by atoms with van der Waals surface area (Å²) in [4.78, 5) is 22.3. The van der Waals surface area contributed by atoms with E-state index in [1.807, 2.05) is 48.0 Å². The van der Waals surface area contributed by atoms with Gasteiger partial charge in [0.25, 0.3) is 5.91 Å². The van der Waals surface area contributed by atoms with Gasteiger partial charge in [-0.25, -0.2) is 9.67 Å². The number of quaternary nitrogens is 1. The number of hydrogen-bond donors (Lipinski definition) is 2. The van der Waals surface area contributed by atoms with Gasteiger partial charge in [-0.2, -0.15) is 5.10 Å². The van der Waals surface area contributed by atoms with Crippen molar-refractivity contribution in [2.45, 2.75) is 26.4 Å². The predicted octanol–water partition coefficient (Wildman–Crippen LogP) is 4.25. The Hall–Kier alpha value is -3.33. The van der Waals surface area contributed by atoms with Gasteiger partial charge >= 0.3 is 0 Å². The summed E-state index contributed by atoms with van der Waals surface area (Å²) in [6.45, 7) is 5.01. The second-order valence-electron chi connectivity index (χ2n) is 8.59. The fourth-order valence-electron chi connectivity index (χ4n) is 4.48. The molecule has 1 aliphatic heterocycles. The van der Waals surface area contributed by atoms with Gasteiger partial charge in [0.2, 0.25) is 0 Å². The smallest absolute Gasteiger partial charge is 0.267 e. The van der Waals surface area contributed by atoms with Crippen LogP contribution < -0.4 is 10.2 Å². The van der Waals surface area contributed by atoms with Crippen molar-refractivity contribution in [2.75, 3.05) is 11.9 Å². The summed E-state index contributed by atoms with van der Waals surface area (Å²) in [6, 6.07) is 22.6. The highest BCUT2D eigenvalue weighted by molar-refractivity contribution is 7.20. The van der Waals surface area contributed by atoms with Gasteiger partial charge in [0.05, 0.1) is 33.4 Å². The molecule has 0 bridgehead atoms. The maximum atomic E-state index is 13.1. The van der Waals surface area contributed by atoms with E-state index < -0.39 is 0 Å². The average Bonchev–Trinajstić information content (AvgIpc) is 3.54. The molecule has 6 rings (SSSR count). The molecule has 3 aromatic heterocycles. The van der Waals surface area contributed by atoms with E-state index in [1.165, 1.54) is 26.7 Å². The van der Waals surface area contributed by atoms with Crippen LogP contribution in [0.1, 0.15) is 31.5 Å². The number of anilines is 1. The number of rotatable bonds is 5. The lowest BCUT2D eigenvalue weighted by Gasteiger charge is -2.22. The fraction of sp³-hybridized carbons (Fsp3) is 0.192. The average molecular weight is 487 g/mol. The monoisotopic (exact) mass is 486 g/mol. The van der Waals surface area contributed by atoms with Crippen molar-refractivity contribution in [3.63, 3.8) is 0 Å². The minimum atomic E-state index is -0.111. The number of nitrogens with one attached hydrogen (secondary N) is 2. The first kappa shape index (κ1) is 21.2. The molecule has 1 amide bonds. The molecule has 5 aromatic rings. The van der Waals surface area contributed by atoms with Crippen LogP contribution >= 0.6 is 22.7 Å². The number of benzene rings is 2. The molecule has 4 heterocycles. The minimum absolute atomic E-state index is 0.111. The van der Waals surface area contributed by atoms with Crippen LogP contribution in [0.2, 0.25) is 0 Å². The molecule has 0 fully saturated rings. The molecule has 8 heteroatoms. The third-order valence-corrected chi connectivity index (χ3v) is 8.31. The van der Waals surface area contributed by atoms with Crippen LogP contribution in [-0.4, -0.2) is 27.2 Å². The summed E-state index contributed by atoms with van der Waals surface area (Å²) < 4.78 is 1.91. The van der Waals surface area contributed by atoms with Gasteiger partial charge in [-0.05, 0) is 25.1 Å². The number of fused-ring (bicyclic) bond motifs is 2. The van der Waals surface area contributed by atoms with Crippen LogP contribution in [0.5, 0.6) is 0 Å². The largest absolute Gasteiger partial charge is 0.326 e. The number of aryl methyl sites for hydroxylation is 1. The molecule has 1 unspecified atom stereocenters. The number of thiazole rings is 1. The molecule has 6 nitrogen and oxygen atoms in total. The summed E-state index contributed by atoms with van der Waals surface area (Å²) in [5, 5.41) is 9.42. The van der Waals surface area contributed by atoms with Crippen molar-refractivity contribution in [3.8, 4) is 5.69 Å². The van der Waals surface area contributed by atoms with E-state index in [4.69, 9.17) is 4.98 Å². The normalized spacial score (nSPS) is 15.4. The first-order valence-electron chi connectivity index (χ1n) is 11.4. The number of para-hydroxylation sites is 1. The van der Waals surface area contributed by atoms with Crippen LogP contribution in [0, 0.1) is 6.92 Å². The van der Waals surface area contributed by atoms with Crippen LogP contribution in [0.15, 0.2) is 66.7 Å². The molecular formula is C26H24N5OS2+. The lowest BCUT2D eigenvalue weighted by molar-refractivity contribution is -0.929. The van der Waals surface area contributed by atoms with Gasteiger partial charge in [0.1, 0.15) is 17.9 Å². The third kappa shape index (κ3) is 4.04. The fourth-order valence-corrected chi connectivity index (χ4v) is 6.63. The number of aromatic nitrogens is 3. The molecule has 1 aliphatic rings. The van der Waals surface area contributed by atoms with Gasteiger partial charge in [0, 0.05) is 17.4 Å². The number of carbonyl (C=O) groups is 1.